The number of aromatic nitrogens is 1. The third-order valence-corrected chi connectivity index (χ3v) is 9.73. The first-order valence-corrected chi connectivity index (χ1v) is 17.1. The maximum absolute atomic E-state index is 13.5. The Morgan fingerprint density at radius 1 is 1.17 bits per heavy atom. The molecular weight excluding hydrogens is 641 g/mol. The van der Waals surface area contributed by atoms with Crippen molar-refractivity contribution in [1.29, 1.82) is 0 Å². The molecule has 1 atom stereocenters. The van der Waals surface area contributed by atoms with Gasteiger partial charge in [-0.05, 0) is 86.0 Å². The highest BCUT2D eigenvalue weighted by Crippen LogP contribution is 2.35. The van der Waals surface area contributed by atoms with Crippen molar-refractivity contribution in [2.24, 2.45) is 11.3 Å². The maximum Gasteiger partial charge on any atom is 0.255 e. The summed E-state index contributed by atoms with van der Waals surface area (Å²) in [4.78, 5) is 47.1. The molecule has 1 saturated heterocycles. The summed E-state index contributed by atoms with van der Waals surface area (Å²) in [6, 6.07) is 10.5. The lowest BCUT2D eigenvalue weighted by Gasteiger charge is -2.41. The summed E-state index contributed by atoms with van der Waals surface area (Å²) in [5, 5.41) is 9.92. The van der Waals surface area contributed by atoms with Crippen molar-refractivity contribution in [3.05, 3.63) is 87.7 Å². The van der Waals surface area contributed by atoms with Crippen LogP contribution in [0.2, 0.25) is 5.02 Å². The van der Waals surface area contributed by atoms with E-state index in [9.17, 15) is 18.8 Å². The molecule has 2 aliphatic heterocycles. The average Bonchev–Trinajstić information content (AvgIpc) is 3.47. The number of hydrogen-bond acceptors (Lipinski definition) is 7. The van der Waals surface area contributed by atoms with Crippen LogP contribution in [0, 0.1) is 17.2 Å². The SMILES string of the molecule is CC(C)C[C@@H]1NC(=O)c2cc(Cl)ccc2OC/C=C/CC2(CCN(CC(=O)Nc3ncc(Cc4ccc(F)cc4)s3)CC2)CNC1=O. The van der Waals surface area contributed by atoms with Gasteiger partial charge in [-0.2, -0.15) is 0 Å². The number of carbonyl (C=O) groups is 3. The Bertz CT molecular complexity index is 1590. The molecule has 3 aromatic rings. The minimum Gasteiger partial charge on any atom is -0.489 e. The van der Waals surface area contributed by atoms with Crippen molar-refractivity contribution >= 4 is 45.8 Å². The topological polar surface area (TPSA) is 113 Å². The Kier molecular flexibility index (Phi) is 11.7. The number of piperidine rings is 1. The standard InChI is InChI=1S/C35H41ClFN5O4S/c1-23(2)17-29-33(45)39-22-35(11-3-4-16-46-30-10-7-25(36)19-28(30)32(44)40-29)12-14-42(15-13-35)21-31(43)41-34-38-20-27(47-34)18-24-5-8-26(37)9-6-24/h3-10,19-20,23,29H,11-18,21-22H2,1-2H3,(H,39,45)(H,40,44)(H,38,41,43)/b4-3+/t29-/m0/s1. The van der Waals surface area contributed by atoms with E-state index < -0.39 is 11.9 Å². The van der Waals surface area contributed by atoms with Gasteiger partial charge in [0.1, 0.15) is 24.2 Å². The van der Waals surface area contributed by atoms with E-state index in [1.807, 2.05) is 19.9 Å². The second kappa shape index (κ2) is 15.9. The summed E-state index contributed by atoms with van der Waals surface area (Å²) in [6.07, 6.45) is 9.16. The number of nitrogens with one attached hydrogen (secondary N) is 3. The van der Waals surface area contributed by atoms with Gasteiger partial charge in [0, 0.05) is 29.1 Å². The predicted octanol–water partition coefficient (Wildman–Crippen LogP) is 5.85. The highest BCUT2D eigenvalue weighted by molar-refractivity contribution is 7.15. The van der Waals surface area contributed by atoms with Crippen molar-refractivity contribution in [2.45, 2.75) is 52.0 Å². The number of anilines is 1. The lowest BCUT2D eigenvalue weighted by molar-refractivity contribution is -0.124. The summed E-state index contributed by atoms with van der Waals surface area (Å²) in [5.74, 6) is -0.453. The fourth-order valence-corrected chi connectivity index (χ4v) is 6.97. The number of amides is 3. The molecule has 3 heterocycles. The van der Waals surface area contributed by atoms with E-state index in [4.69, 9.17) is 16.3 Å². The van der Waals surface area contributed by atoms with E-state index in [2.05, 4.69) is 31.9 Å². The summed E-state index contributed by atoms with van der Waals surface area (Å²) in [5.41, 5.74) is 1.06. The van der Waals surface area contributed by atoms with Crippen LogP contribution in [0.3, 0.4) is 0 Å². The van der Waals surface area contributed by atoms with E-state index in [0.717, 1.165) is 29.7 Å². The molecule has 3 amide bonds. The number of thiazole rings is 1. The van der Waals surface area contributed by atoms with E-state index in [-0.39, 0.29) is 47.7 Å². The van der Waals surface area contributed by atoms with Gasteiger partial charge in [-0.25, -0.2) is 9.37 Å². The van der Waals surface area contributed by atoms with Crippen LogP contribution in [0.25, 0.3) is 0 Å². The molecule has 0 saturated carbocycles. The van der Waals surface area contributed by atoms with Gasteiger partial charge < -0.3 is 20.7 Å². The molecule has 0 unspecified atom stereocenters. The Hall–Kier alpha value is -3.80. The van der Waals surface area contributed by atoms with E-state index in [1.54, 1.807) is 36.5 Å². The molecule has 12 heteroatoms. The van der Waals surface area contributed by atoms with Crippen LogP contribution >= 0.6 is 22.9 Å². The van der Waals surface area contributed by atoms with Crippen molar-refractivity contribution in [3.63, 3.8) is 0 Å². The molecule has 1 fully saturated rings. The predicted molar refractivity (Wildman–Crippen MR) is 182 cm³/mol. The first kappa shape index (κ1) is 34.5. The van der Waals surface area contributed by atoms with Crippen LogP contribution < -0.4 is 20.7 Å². The summed E-state index contributed by atoms with van der Waals surface area (Å²) >= 11 is 7.59. The highest BCUT2D eigenvalue weighted by Gasteiger charge is 2.36. The highest BCUT2D eigenvalue weighted by atomic mass is 35.5. The summed E-state index contributed by atoms with van der Waals surface area (Å²) < 4.78 is 19.2. The normalized spacial score (nSPS) is 19.6. The first-order valence-electron chi connectivity index (χ1n) is 15.9. The van der Waals surface area contributed by atoms with E-state index >= 15 is 0 Å². The lowest BCUT2D eigenvalue weighted by Crippen LogP contribution is -2.52. The van der Waals surface area contributed by atoms with Crippen molar-refractivity contribution in [3.8, 4) is 5.75 Å². The molecule has 5 rings (SSSR count). The summed E-state index contributed by atoms with van der Waals surface area (Å²) in [6.45, 7) is 6.40. The molecule has 9 nitrogen and oxygen atoms in total. The maximum atomic E-state index is 13.5. The number of halogens is 2. The second-order valence-electron chi connectivity index (χ2n) is 12.8. The second-order valence-corrected chi connectivity index (χ2v) is 14.3. The third-order valence-electron chi connectivity index (χ3n) is 8.58. The number of allylic oxidation sites excluding steroid dienone is 1. The first-order chi connectivity index (χ1) is 22.6. The number of benzene rings is 2. The van der Waals surface area contributed by atoms with Gasteiger partial charge in [-0.1, -0.05) is 49.7 Å². The van der Waals surface area contributed by atoms with E-state index in [0.29, 0.717) is 48.4 Å². The molecule has 1 spiro atoms. The van der Waals surface area contributed by atoms with Crippen LogP contribution in [0.5, 0.6) is 5.75 Å². The number of likely N-dealkylation sites (tertiary alicyclic amines) is 1. The largest absolute Gasteiger partial charge is 0.489 e. The molecule has 250 valence electrons. The fraction of sp³-hybridized carbons (Fsp3) is 0.429. The van der Waals surface area contributed by atoms with Crippen molar-refractivity contribution < 1.29 is 23.5 Å². The number of nitrogens with zero attached hydrogens (tertiary/aromatic N) is 2. The number of carbonyl (C=O) groups excluding carboxylic acids is 3. The van der Waals surface area contributed by atoms with Crippen LogP contribution in [0.15, 0.2) is 60.8 Å². The molecule has 1 aromatic heterocycles. The fourth-order valence-electron chi connectivity index (χ4n) is 5.93. The molecule has 2 aromatic carbocycles. The van der Waals surface area contributed by atoms with Crippen LogP contribution in [-0.4, -0.2) is 66.4 Å². The Morgan fingerprint density at radius 2 is 1.94 bits per heavy atom. The molecule has 0 bridgehead atoms. The van der Waals surface area contributed by atoms with Gasteiger partial charge in [0.15, 0.2) is 5.13 Å². The number of fused-ring (bicyclic) bond motifs is 1. The van der Waals surface area contributed by atoms with Crippen LogP contribution in [0.4, 0.5) is 9.52 Å². The molecule has 3 N–H and O–H groups in total. The van der Waals surface area contributed by atoms with Crippen LogP contribution in [0.1, 0.15) is 60.3 Å². The van der Waals surface area contributed by atoms with E-state index in [1.165, 1.54) is 23.5 Å². The summed E-state index contributed by atoms with van der Waals surface area (Å²) in [7, 11) is 0. The Balaban J connectivity index is 1.20. The smallest absolute Gasteiger partial charge is 0.255 e. The van der Waals surface area contributed by atoms with Crippen molar-refractivity contribution in [2.75, 3.05) is 38.1 Å². The van der Waals surface area contributed by atoms with Gasteiger partial charge >= 0.3 is 0 Å². The van der Waals surface area contributed by atoms with Gasteiger partial charge in [0.2, 0.25) is 11.8 Å². The van der Waals surface area contributed by atoms with Gasteiger partial charge in [0.05, 0.1) is 12.1 Å². The molecule has 0 aliphatic carbocycles. The van der Waals surface area contributed by atoms with Crippen LogP contribution in [-0.2, 0) is 16.0 Å². The van der Waals surface area contributed by atoms with Gasteiger partial charge in [-0.3, -0.25) is 19.3 Å². The molecule has 47 heavy (non-hydrogen) atoms. The molecule has 2 aliphatic rings. The average molecular weight is 682 g/mol. The Labute approximate surface area is 283 Å². The Morgan fingerprint density at radius 3 is 2.68 bits per heavy atom. The third kappa shape index (κ3) is 9.85. The molecular formula is C35H41ClFN5O4S. The minimum absolute atomic E-state index is 0.131. The lowest BCUT2D eigenvalue weighted by atomic mass is 9.75. The zero-order valence-electron chi connectivity index (χ0n) is 26.7. The monoisotopic (exact) mass is 681 g/mol. The number of ether oxygens (including phenoxy) is 1. The zero-order chi connectivity index (χ0) is 33.4. The minimum atomic E-state index is -0.712. The van der Waals surface area contributed by atoms with Gasteiger partial charge in [0.25, 0.3) is 5.91 Å². The molecule has 0 radical (unpaired) electrons. The van der Waals surface area contributed by atoms with Gasteiger partial charge in [-0.15, -0.1) is 11.3 Å². The van der Waals surface area contributed by atoms with Crippen molar-refractivity contribution in [1.82, 2.24) is 20.5 Å². The zero-order valence-corrected chi connectivity index (χ0v) is 28.3. The quantitative estimate of drug-likeness (QED) is 0.270. The number of rotatable bonds is 7. The number of hydrogen-bond donors (Lipinski definition) is 3.